The summed E-state index contributed by atoms with van der Waals surface area (Å²) in [6, 6.07) is 15.5. The second-order valence-corrected chi connectivity index (χ2v) is 10.6. The van der Waals surface area contributed by atoms with Gasteiger partial charge in [-0.25, -0.2) is 4.39 Å². The van der Waals surface area contributed by atoms with Crippen molar-refractivity contribution in [3.05, 3.63) is 82.9 Å². The van der Waals surface area contributed by atoms with Crippen molar-refractivity contribution in [3.8, 4) is 23.0 Å². The number of fused-ring (bicyclic) bond motifs is 2. The molecular formula is C32H30FN3O5S. The zero-order chi connectivity index (χ0) is 28.9. The highest BCUT2D eigenvalue weighted by atomic mass is 32.1. The van der Waals surface area contributed by atoms with E-state index in [0.717, 1.165) is 39.3 Å². The molecule has 0 aliphatic carbocycles. The fourth-order valence-electron chi connectivity index (χ4n) is 4.93. The minimum absolute atomic E-state index is 0.0764. The fraction of sp³-hybridized carbons (Fsp3) is 0.250. The van der Waals surface area contributed by atoms with Gasteiger partial charge in [0.1, 0.15) is 5.75 Å². The average molecular weight is 588 g/mol. The maximum absolute atomic E-state index is 15.6. The van der Waals surface area contributed by atoms with Crippen LogP contribution in [-0.4, -0.2) is 62.4 Å². The first-order valence-electron chi connectivity index (χ1n) is 13.7. The number of carbonyl (C=O) groups excluding carboxylic acids is 1. The van der Waals surface area contributed by atoms with Gasteiger partial charge in [-0.05, 0) is 59.7 Å². The van der Waals surface area contributed by atoms with Crippen LogP contribution in [0.2, 0.25) is 0 Å². The van der Waals surface area contributed by atoms with Gasteiger partial charge in [0, 0.05) is 53.7 Å². The SMILES string of the molecule is COc1cc2c(Oc3ccc4cc(NC(=O)c5ccsc5)ccc4c3F)ccnc2cc1OCCCN1CCOCC1. The van der Waals surface area contributed by atoms with E-state index in [2.05, 4.69) is 15.2 Å². The van der Waals surface area contributed by atoms with Crippen molar-refractivity contribution >= 4 is 44.6 Å². The summed E-state index contributed by atoms with van der Waals surface area (Å²) in [7, 11) is 1.58. The van der Waals surface area contributed by atoms with Crippen LogP contribution in [0.5, 0.6) is 23.0 Å². The number of carbonyl (C=O) groups is 1. The molecule has 6 rings (SSSR count). The third-order valence-corrected chi connectivity index (χ3v) is 7.83. The van der Waals surface area contributed by atoms with Crippen LogP contribution in [0.1, 0.15) is 16.8 Å². The molecule has 3 heterocycles. The molecule has 1 aliphatic rings. The van der Waals surface area contributed by atoms with Gasteiger partial charge in [-0.15, -0.1) is 0 Å². The van der Waals surface area contributed by atoms with Gasteiger partial charge in [0.05, 0.1) is 38.0 Å². The Kier molecular flexibility index (Phi) is 8.45. The Morgan fingerprint density at radius 3 is 2.71 bits per heavy atom. The number of hydrogen-bond acceptors (Lipinski definition) is 8. The molecule has 0 bridgehead atoms. The van der Waals surface area contributed by atoms with Crippen molar-refractivity contribution < 1.29 is 28.1 Å². The number of morpholine rings is 1. The van der Waals surface area contributed by atoms with Gasteiger partial charge in [0.2, 0.25) is 0 Å². The van der Waals surface area contributed by atoms with Crippen molar-refractivity contribution in [1.82, 2.24) is 9.88 Å². The van der Waals surface area contributed by atoms with Crippen LogP contribution in [0, 0.1) is 5.82 Å². The van der Waals surface area contributed by atoms with Gasteiger partial charge in [-0.3, -0.25) is 14.7 Å². The second kappa shape index (κ2) is 12.7. The van der Waals surface area contributed by atoms with E-state index < -0.39 is 5.82 Å². The Balaban J connectivity index is 1.18. The first-order chi connectivity index (χ1) is 20.6. The molecule has 1 aliphatic heterocycles. The predicted octanol–water partition coefficient (Wildman–Crippen LogP) is 6.74. The van der Waals surface area contributed by atoms with Crippen LogP contribution in [0.15, 0.2) is 71.6 Å². The van der Waals surface area contributed by atoms with Crippen molar-refractivity contribution in [2.24, 2.45) is 0 Å². The predicted molar refractivity (Wildman–Crippen MR) is 162 cm³/mol. The quantitative estimate of drug-likeness (QED) is 0.181. The number of methoxy groups -OCH3 is 1. The summed E-state index contributed by atoms with van der Waals surface area (Å²) in [6.45, 7) is 4.91. The lowest BCUT2D eigenvalue weighted by atomic mass is 10.1. The number of thiophene rings is 1. The van der Waals surface area contributed by atoms with Crippen LogP contribution >= 0.6 is 11.3 Å². The Morgan fingerprint density at radius 2 is 1.90 bits per heavy atom. The number of benzene rings is 3. The molecule has 0 unspecified atom stereocenters. The number of ether oxygens (including phenoxy) is 4. The molecule has 1 amide bonds. The van der Waals surface area contributed by atoms with Crippen LogP contribution < -0.4 is 19.5 Å². The van der Waals surface area contributed by atoms with Crippen LogP contribution in [0.4, 0.5) is 10.1 Å². The summed E-state index contributed by atoms with van der Waals surface area (Å²) in [5.74, 6) is 0.943. The lowest BCUT2D eigenvalue weighted by molar-refractivity contribution is 0.0357. The van der Waals surface area contributed by atoms with Gasteiger partial charge in [0.25, 0.3) is 5.91 Å². The molecule has 1 fully saturated rings. The Morgan fingerprint density at radius 1 is 1.02 bits per heavy atom. The minimum Gasteiger partial charge on any atom is -0.493 e. The second-order valence-electron chi connectivity index (χ2n) is 9.87. The maximum atomic E-state index is 15.6. The van der Waals surface area contributed by atoms with E-state index in [4.69, 9.17) is 18.9 Å². The third-order valence-electron chi connectivity index (χ3n) is 7.15. The molecule has 0 spiro atoms. The maximum Gasteiger partial charge on any atom is 0.256 e. The van der Waals surface area contributed by atoms with Crippen LogP contribution in [-0.2, 0) is 4.74 Å². The molecule has 1 N–H and O–H groups in total. The number of aromatic nitrogens is 1. The number of hydrogen-bond donors (Lipinski definition) is 1. The molecule has 10 heteroatoms. The first-order valence-corrected chi connectivity index (χ1v) is 14.7. The summed E-state index contributed by atoms with van der Waals surface area (Å²) < 4.78 is 38.8. The highest BCUT2D eigenvalue weighted by molar-refractivity contribution is 7.08. The fourth-order valence-corrected chi connectivity index (χ4v) is 5.56. The molecule has 0 saturated carbocycles. The Hall–Kier alpha value is -4.25. The largest absolute Gasteiger partial charge is 0.493 e. The zero-order valence-corrected chi connectivity index (χ0v) is 23.9. The van der Waals surface area contributed by atoms with Crippen LogP contribution in [0.3, 0.4) is 0 Å². The summed E-state index contributed by atoms with van der Waals surface area (Å²) in [5, 5.41) is 8.16. The Labute approximate surface area is 246 Å². The third kappa shape index (κ3) is 6.15. The molecule has 8 nitrogen and oxygen atoms in total. The van der Waals surface area contributed by atoms with E-state index in [1.54, 1.807) is 67.2 Å². The van der Waals surface area contributed by atoms with Crippen molar-refractivity contribution in [2.75, 3.05) is 51.9 Å². The molecule has 2 aromatic heterocycles. The van der Waals surface area contributed by atoms with E-state index in [1.165, 1.54) is 11.3 Å². The topological polar surface area (TPSA) is 82.2 Å². The van der Waals surface area contributed by atoms with E-state index >= 15 is 4.39 Å². The summed E-state index contributed by atoms with van der Waals surface area (Å²) in [4.78, 5) is 19.3. The number of rotatable bonds is 10. The molecule has 0 radical (unpaired) electrons. The number of halogens is 1. The van der Waals surface area contributed by atoms with Crippen molar-refractivity contribution in [3.63, 3.8) is 0 Å². The number of amides is 1. The van der Waals surface area contributed by atoms with Gasteiger partial charge in [-0.1, -0.05) is 6.07 Å². The molecule has 5 aromatic rings. The number of nitrogens with zero attached hydrogens (tertiary/aromatic N) is 2. The number of pyridine rings is 1. The van der Waals surface area contributed by atoms with E-state index in [-0.39, 0.29) is 11.7 Å². The van der Waals surface area contributed by atoms with Gasteiger partial charge >= 0.3 is 0 Å². The first kappa shape index (κ1) is 27.9. The lowest BCUT2D eigenvalue weighted by Crippen LogP contribution is -2.37. The average Bonchev–Trinajstić information content (AvgIpc) is 3.57. The highest BCUT2D eigenvalue weighted by Crippen LogP contribution is 2.38. The van der Waals surface area contributed by atoms with Crippen LogP contribution in [0.25, 0.3) is 21.7 Å². The minimum atomic E-state index is -0.500. The highest BCUT2D eigenvalue weighted by Gasteiger charge is 2.16. The van der Waals surface area contributed by atoms with E-state index in [9.17, 15) is 4.79 Å². The number of nitrogens with one attached hydrogen (secondary N) is 1. The smallest absolute Gasteiger partial charge is 0.256 e. The molecule has 216 valence electrons. The number of anilines is 1. The van der Waals surface area contributed by atoms with E-state index in [0.29, 0.717) is 56.8 Å². The molecule has 3 aromatic carbocycles. The van der Waals surface area contributed by atoms with Gasteiger partial charge in [-0.2, -0.15) is 11.3 Å². The monoisotopic (exact) mass is 587 g/mol. The normalized spacial score (nSPS) is 13.8. The zero-order valence-electron chi connectivity index (χ0n) is 23.1. The van der Waals surface area contributed by atoms with E-state index in [1.807, 2.05) is 11.4 Å². The lowest BCUT2D eigenvalue weighted by Gasteiger charge is -2.26. The summed E-state index contributed by atoms with van der Waals surface area (Å²) in [6.07, 6.45) is 2.50. The van der Waals surface area contributed by atoms with Gasteiger partial charge < -0.3 is 24.3 Å². The molecule has 1 saturated heterocycles. The summed E-state index contributed by atoms with van der Waals surface area (Å²) >= 11 is 1.45. The molecule has 0 atom stereocenters. The molecular weight excluding hydrogens is 557 g/mol. The van der Waals surface area contributed by atoms with Crippen molar-refractivity contribution in [1.29, 1.82) is 0 Å². The summed E-state index contributed by atoms with van der Waals surface area (Å²) in [5.41, 5.74) is 1.81. The molecule has 42 heavy (non-hydrogen) atoms. The standard InChI is InChI=1S/C32H30FN3O5S/c1-38-29-18-25-26(19-30(29)40-13-2-10-36-11-14-39-15-12-36)34-9-7-27(25)41-28-6-3-21-17-23(4-5-24(21)31(28)33)35-32(37)22-8-16-42-20-22/h3-9,16-20H,2,10-15H2,1H3,(H,35,37). The van der Waals surface area contributed by atoms with Gasteiger partial charge in [0.15, 0.2) is 23.1 Å². The Bertz CT molecular complexity index is 1710. The van der Waals surface area contributed by atoms with Crippen molar-refractivity contribution in [2.45, 2.75) is 6.42 Å².